The highest BCUT2D eigenvalue weighted by Gasteiger charge is 2.26. The molecule has 176 valence electrons. The zero-order chi connectivity index (χ0) is 23.6. The van der Waals surface area contributed by atoms with Gasteiger partial charge in [-0.3, -0.25) is 9.48 Å². The molecule has 0 bridgehead atoms. The molecule has 1 saturated heterocycles. The van der Waals surface area contributed by atoms with Gasteiger partial charge in [-0.2, -0.15) is 5.10 Å². The number of aromatic nitrogens is 2. The Bertz CT molecular complexity index is 1200. The number of carbonyl (C=O) groups is 1. The van der Waals surface area contributed by atoms with Crippen LogP contribution in [0.1, 0.15) is 23.2 Å². The third-order valence-electron chi connectivity index (χ3n) is 5.86. The van der Waals surface area contributed by atoms with Gasteiger partial charge in [0.05, 0.1) is 36.7 Å². The van der Waals surface area contributed by atoms with Crippen molar-refractivity contribution >= 4 is 27.0 Å². The second-order valence-electron chi connectivity index (χ2n) is 8.37. The van der Waals surface area contributed by atoms with Gasteiger partial charge < -0.3 is 14.2 Å². The molecule has 4 rings (SSSR count). The average Bonchev–Trinajstić information content (AvgIpc) is 3.20. The van der Waals surface area contributed by atoms with Gasteiger partial charge in [0.1, 0.15) is 11.5 Å². The standard InChI is InChI=1S/C23H25F2N3O4S/c1-33(30,31)12-11-28-21-6-5-18(13-17(21)14-26-28)32-15-16-7-9-27(10-8-16)23(29)19-3-2-4-20(24)22(19)25/h2-6,13-14,16H,7-12,15H2,1H3. The van der Waals surface area contributed by atoms with Crippen molar-refractivity contribution in [3.05, 3.63) is 59.8 Å². The molecule has 0 aliphatic carbocycles. The predicted molar refractivity (Wildman–Crippen MR) is 120 cm³/mol. The minimum Gasteiger partial charge on any atom is -0.615 e. The maximum Gasteiger partial charge on any atom is 0.256 e. The topological polar surface area (TPSA) is 87.5 Å². The van der Waals surface area contributed by atoms with Crippen LogP contribution in [-0.2, 0) is 21.0 Å². The molecule has 0 saturated carbocycles. The molecule has 33 heavy (non-hydrogen) atoms. The summed E-state index contributed by atoms with van der Waals surface area (Å²) < 4.78 is 57.7. The van der Waals surface area contributed by atoms with Crippen LogP contribution >= 0.6 is 0 Å². The summed E-state index contributed by atoms with van der Waals surface area (Å²) >= 11 is 0. The minimum absolute atomic E-state index is 0.0229. The van der Waals surface area contributed by atoms with Gasteiger partial charge >= 0.3 is 0 Å². The Morgan fingerprint density at radius 3 is 2.73 bits per heavy atom. The summed E-state index contributed by atoms with van der Waals surface area (Å²) in [6.07, 6.45) is 4.29. The van der Waals surface area contributed by atoms with Gasteiger partial charge in [0, 0.05) is 28.7 Å². The molecule has 0 N–H and O–H groups in total. The Morgan fingerprint density at radius 2 is 2.00 bits per heavy atom. The Hall–Kier alpha value is -2.85. The van der Waals surface area contributed by atoms with Crippen molar-refractivity contribution in [3.63, 3.8) is 0 Å². The average molecular weight is 478 g/mol. The first-order valence-electron chi connectivity index (χ1n) is 10.7. The van der Waals surface area contributed by atoms with E-state index >= 15 is 0 Å². The van der Waals surface area contributed by atoms with Crippen molar-refractivity contribution in [2.45, 2.75) is 19.4 Å². The van der Waals surface area contributed by atoms with Crippen molar-refractivity contribution in [2.75, 3.05) is 31.7 Å². The summed E-state index contributed by atoms with van der Waals surface area (Å²) in [4.78, 5) is 14.1. The van der Waals surface area contributed by atoms with Gasteiger partial charge in [-0.25, -0.2) is 8.78 Å². The summed E-state index contributed by atoms with van der Waals surface area (Å²) in [7, 11) is -3.07. The highest BCUT2D eigenvalue weighted by atomic mass is 32.3. The number of rotatable bonds is 7. The Kier molecular flexibility index (Phi) is 6.76. The van der Waals surface area contributed by atoms with E-state index < -0.39 is 27.8 Å². The molecule has 0 radical (unpaired) electrons. The fourth-order valence-corrected chi connectivity index (χ4v) is 4.45. The van der Waals surface area contributed by atoms with E-state index in [1.165, 1.54) is 18.4 Å². The quantitative estimate of drug-likeness (QED) is 0.486. The molecule has 2 heterocycles. The minimum atomic E-state index is -3.07. The van der Waals surface area contributed by atoms with Crippen LogP contribution in [0.5, 0.6) is 5.75 Å². The van der Waals surface area contributed by atoms with Crippen LogP contribution in [0.3, 0.4) is 0 Å². The SMILES string of the molecule is C[S+](=O)([O-])CCn1ncc2cc(OCC3CCN(C(=O)c4cccc(F)c4F)CC3)ccc21. The van der Waals surface area contributed by atoms with Gasteiger partial charge in [-0.1, -0.05) is 6.07 Å². The number of sulfone groups is 1. The Balaban J connectivity index is 1.30. The number of likely N-dealkylation sites (tertiary alicyclic amines) is 1. The van der Waals surface area contributed by atoms with E-state index in [2.05, 4.69) is 5.10 Å². The second kappa shape index (κ2) is 9.56. The van der Waals surface area contributed by atoms with E-state index in [1.807, 2.05) is 18.2 Å². The number of benzene rings is 2. The lowest BCUT2D eigenvalue weighted by Gasteiger charge is -2.32. The smallest absolute Gasteiger partial charge is 0.256 e. The lowest BCUT2D eigenvalue weighted by molar-refractivity contribution is 0.0655. The van der Waals surface area contributed by atoms with E-state index in [4.69, 9.17) is 4.74 Å². The lowest BCUT2D eigenvalue weighted by Crippen LogP contribution is -2.40. The molecule has 1 aliphatic heterocycles. The third-order valence-corrected chi connectivity index (χ3v) is 6.78. The number of hydrogen-bond donors (Lipinski definition) is 0. The molecular weight excluding hydrogens is 452 g/mol. The summed E-state index contributed by atoms with van der Waals surface area (Å²) in [5.74, 6) is -1.69. The van der Waals surface area contributed by atoms with Gasteiger partial charge in [0.2, 0.25) is 0 Å². The molecule has 1 aromatic heterocycles. The summed E-state index contributed by atoms with van der Waals surface area (Å²) in [6.45, 7) is 1.67. The van der Waals surface area contributed by atoms with Crippen LogP contribution < -0.4 is 4.74 Å². The number of hydrogen-bond acceptors (Lipinski definition) is 5. The maximum absolute atomic E-state index is 13.9. The fourth-order valence-electron chi connectivity index (χ4n) is 3.94. The molecule has 0 spiro atoms. The second-order valence-corrected chi connectivity index (χ2v) is 10.6. The van der Waals surface area contributed by atoms with Gasteiger partial charge in [0.25, 0.3) is 5.91 Å². The number of amides is 1. The Labute approximate surface area is 191 Å². The zero-order valence-corrected chi connectivity index (χ0v) is 19.0. The molecule has 1 unspecified atom stereocenters. The highest BCUT2D eigenvalue weighted by Crippen LogP contribution is 2.25. The van der Waals surface area contributed by atoms with Crippen LogP contribution in [-0.4, -0.2) is 56.8 Å². The largest absolute Gasteiger partial charge is 0.615 e. The highest BCUT2D eigenvalue weighted by molar-refractivity contribution is 7.96. The predicted octanol–water partition coefficient (Wildman–Crippen LogP) is 3.51. The van der Waals surface area contributed by atoms with Crippen molar-refractivity contribution in [1.29, 1.82) is 0 Å². The zero-order valence-electron chi connectivity index (χ0n) is 18.2. The number of piperidine rings is 1. The van der Waals surface area contributed by atoms with E-state index in [0.29, 0.717) is 44.8 Å². The lowest BCUT2D eigenvalue weighted by atomic mass is 9.97. The molecular formula is C23H25F2N3O4S. The number of ether oxygens (including phenoxy) is 1. The van der Waals surface area contributed by atoms with Crippen LogP contribution in [0.15, 0.2) is 42.6 Å². The van der Waals surface area contributed by atoms with Crippen LogP contribution in [0, 0.1) is 17.6 Å². The maximum atomic E-state index is 13.9. The molecule has 1 aliphatic rings. The number of fused-ring (bicyclic) bond motifs is 1. The number of halogens is 2. The molecule has 1 fully saturated rings. The summed E-state index contributed by atoms with van der Waals surface area (Å²) in [5.41, 5.74) is 0.595. The van der Waals surface area contributed by atoms with Crippen molar-refractivity contribution in [1.82, 2.24) is 14.7 Å². The molecule has 1 atom stereocenters. The fraction of sp³-hybridized carbons (Fsp3) is 0.391. The van der Waals surface area contributed by atoms with Gasteiger partial charge in [-0.15, -0.1) is 4.21 Å². The van der Waals surface area contributed by atoms with Crippen molar-refractivity contribution in [2.24, 2.45) is 5.92 Å². The first-order valence-corrected chi connectivity index (χ1v) is 12.8. The first-order chi connectivity index (χ1) is 15.7. The van der Waals surface area contributed by atoms with Crippen LogP contribution in [0.25, 0.3) is 10.9 Å². The molecule has 1 amide bonds. The molecule has 10 heteroatoms. The van der Waals surface area contributed by atoms with E-state index in [0.717, 1.165) is 17.0 Å². The van der Waals surface area contributed by atoms with E-state index in [9.17, 15) is 22.3 Å². The van der Waals surface area contributed by atoms with Crippen molar-refractivity contribution in [3.8, 4) is 5.75 Å². The van der Waals surface area contributed by atoms with Crippen molar-refractivity contribution < 1.29 is 27.1 Å². The number of nitrogens with zero attached hydrogens (tertiary/aromatic N) is 3. The normalized spacial score (nSPS) is 16.7. The van der Waals surface area contributed by atoms with Crippen LogP contribution in [0.2, 0.25) is 0 Å². The molecule has 2 aromatic carbocycles. The number of aryl methyl sites for hydroxylation is 1. The summed E-state index contributed by atoms with van der Waals surface area (Å²) in [5, 5.41) is 5.12. The molecule has 7 nitrogen and oxygen atoms in total. The number of carbonyl (C=O) groups excluding carboxylic acids is 1. The Morgan fingerprint density at radius 1 is 1.24 bits per heavy atom. The van der Waals surface area contributed by atoms with E-state index in [-0.39, 0.29) is 17.2 Å². The molecule has 3 aromatic rings. The van der Waals surface area contributed by atoms with Crippen LogP contribution in [0.4, 0.5) is 8.78 Å². The van der Waals surface area contributed by atoms with Gasteiger partial charge in [-0.05, 0) is 49.1 Å². The van der Waals surface area contributed by atoms with E-state index in [1.54, 1.807) is 15.8 Å². The first kappa shape index (κ1) is 23.3. The monoisotopic (exact) mass is 477 g/mol. The van der Waals surface area contributed by atoms with Gasteiger partial charge in [0.15, 0.2) is 11.6 Å². The third kappa shape index (κ3) is 5.56. The summed E-state index contributed by atoms with van der Waals surface area (Å²) in [6, 6.07) is 9.17.